The van der Waals surface area contributed by atoms with Gasteiger partial charge >= 0.3 is 0 Å². The maximum atomic E-state index is 13.6. The van der Waals surface area contributed by atoms with Gasteiger partial charge in [0, 0.05) is 38.5 Å². The molecule has 0 spiro atoms. The van der Waals surface area contributed by atoms with Crippen molar-refractivity contribution in [3.63, 3.8) is 0 Å². The lowest BCUT2D eigenvalue weighted by molar-refractivity contribution is 0.358. The summed E-state index contributed by atoms with van der Waals surface area (Å²) in [5.41, 5.74) is 1.12. The van der Waals surface area contributed by atoms with Crippen LogP contribution in [0.5, 0.6) is 0 Å². The Hall–Kier alpha value is -1.71. The zero-order chi connectivity index (χ0) is 18.9. The molecule has 1 aromatic carbocycles. The molecule has 152 valence electrons. The minimum atomic E-state index is -0.165. The average molecular weight is 498 g/mol. The molecule has 2 aliphatic rings. The van der Waals surface area contributed by atoms with Crippen LogP contribution in [0.2, 0.25) is 0 Å². The molecule has 8 heteroatoms. The van der Waals surface area contributed by atoms with Crippen molar-refractivity contribution < 1.29 is 4.39 Å². The van der Waals surface area contributed by atoms with Gasteiger partial charge in [-0.3, -0.25) is 4.99 Å². The quantitative estimate of drug-likeness (QED) is 0.378. The smallest absolute Gasteiger partial charge is 0.191 e. The molecule has 1 aliphatic carbocycles. The van der Waals surface area contributed by atoms with Crippen molar-refractivity contribution >= 4 is 29.9 Å². The van der Waals surface area contributed by atoms with Gasteiger partial charge in [0.15, 0.2) is 5.96 Å². The molecule has 1 aliphatic heterocycles. The fraction of sp³-hybridized carbons (Fsp3) is 0.550. The van der Waals surface area contributed by atoms with Crippen LogP contribution < -0.4 is 10.6 Å². The SMILES string of the molecule is CN=C(NCC1CCc2nnc(C)n2C1)NCC1(c2cccc(F)c2)CC1.I. The topological polar surface area (TPSA) is 67.1 Å². The molecule has 6 nitrogen and oxygen atoms in total. The van der Waals surface area contributed by atoms with Crippen LogP contribution in [-0.2, 0) is 18.4 Å². The van der Waals surface area contributed by atoms with Gasteiger partial charge in [-0.2, -0.15) is 0 Å². The Bertz CT molecular complexity index is 845. The fourth-order valence-corrected chi connectivity index (χ4v) is 3.95. The van der Waals surface area contributed by atoms with Crippen LogP contribution in [0, 0.1) is 18.7 Å². The van der Waals surface area contributed by atoms with Crippen LogP contribution in [-0.4, -0.2) is 40.9 Å². The monoisotopic (exact) mass is 498 g/mol. The van der Waals surface area contributed by atoms with Crippen molar-refractivity contribution in [1.29, 1.82) is 0 Å². The fourth-order valence-electron chi connectivity index (χ4n) is 3.95. The highest BCUT2D eigenvalue weighted by molar-refractivity contribution is 14.0. The third-order valence-electron chi connectivity index (χ3n) is 5.90. The molecule has 1 atom stereocenters. The van der Waals surface area contributed by atoms with Crippen molar-refractivity contribution in [3.8, 4) is 0 Å². The minimum absolute atomic E-state index is 0. The van der Waals surface area contributed by atoms with Crippen LogP contribution in [0.25, 0.3) is 0 Å². The molecular formula is C20H28FIN6. The van der Waals surface area contributed by atoms with E-state index in [4.69, 9.17) is 0 Å². The van der Waals surface area contributed by atoms with Gasteiger partial charge in [-0.1, -0.05) is 12.1 Å². The summed E-state index contributed by atoms with van der Waals surface area (Å²) in [6.07, 6.45) is 4.24. The number of fused-ring (bicyclic) bond motifs is 1. The molecule has 1 unspecified atom stereocenters. The first-order chi connectivity index (χ1) is 13.1. The average Bonchev–Trinajstić information content (AvgIpc) is 3.39. The number of aliphatic imine (C=N–C) groups is 1. The van der Waals surface area contributed by atoms with Gasteiger partial charge in [0.05, 0.1) is 0 Å². The van der Waals surface area contributed by atoms with Crippen LogP contribution in [0.3, 0.4) is 0 Å². The normalized spacial score (nSPS) is 20.1. The number of aromatic nitrogens is 3. The Morgan fingerprint density at radius 3 is 2.86 bits per heavy atom. The van der Waals surface area contributed by atoms with Crippen molar-refractivity contribution in [1.82, 2.24) is 25.4 Å². The Labute approximate surface area is 182 Å². The van der Waals surface area contributed by atoms with Gasteiger partial charge in [-0.05, 0) is 49.8 Å². The molecule has 0 saturated heterocycles. The van der Waals surface area contributed by atoms with E-state index in [0.717, 1.165) is 68.5 Å². The van der Waals surface area contributed by atoms with E-state index < -0.39 is 0 Å². The molecule has 1 aromatic heterocycles. The molecule has 1 saturated carbocycles. The van der Waals surface area contributed by atoms with E-state index in [1.54, 1.807) is 19.2 Å². The first-order valence-corrected chi connectivity index (χ1v) is 9.69. The number of hydrogen-bond acceptors (Lipinski definition) is 3. The molecule has 0 amide bonds. The van der Waals surface area contributed by atoms with Gasteiger partial charge in [0.25, 0.3) is 0 Å². The summed E-state index contributed by atoms with van der Waals surface area (Å²) in [4.78, 5) is 4.36. The molecule has 2 N–H and O–H groups in total. The van der Waals surface area contributed by atoms with Gasteiger partial charge in [-0.15, -0.1) is 34.2 Å². The maximum Gasteiger partial charge on any atom is 0.191 e. The second-order valence-corrected chi connectivity index (χ2v) is 7.78. The van der Waals surface area contributed by atoms with Crippen molar-refractivity contribution in [3.05, 3.63) is 47.3 Å². The van der Waals surface area contributed by atoms with Gasteiger partial charge in [0.2, 0.25) is 0 Å². The van der Waals surface area contributed by atoms with E-state index in [9.17, 15) is 4.39 Å². The predicted molar refractivity (Wildman–Crippen MR) is 119 cm³/mol. The summed E-state index contributed by atoms with van der Waals surface area (Å²) in [6.45, 7) is 4.60. The number of nitrogens with zero attached hydrogens (tertiary/aromatic N) is 4. The molecule has 0 radical (unpaired) electrons. The van der Waals surface area contributed by atoms with Crippen LogP contribution in [0.1, 0.15) is 36.5 Å². The summed E-state index contributed by atoms with van der Waals surface area (Å²) in [5.74, 6) is 3.26. The van der Waals surface area contributed by atoms with Gasteiger partial charge in [-0.25, -0.2) is 4.39 Å². The summed E-state index contributed by atoms with van der Waals surface area (Å²) in [7, 11) is 1.79. The molecule has 2 heterocycles. The van der Waals surface area contributed by atoms with Crippen molar-refractivity contribution in [2.24, 2.45) is 10.9 Å². The number of rotatable bonds is 5. The van der Waals surface area contributed by atoms with Gasteiger partial charge < -0.3 is 15.2 Å². The number of hydrogen-bond donors (Lipinski definition) is 2. The maximum absolute atomic E-state index is 13.6. The Morgan fingerprint density at radius 1 is 1.32 bits per heavy atom. The van der Waals surface area contributed by atoms with Crippen molar-refractivity contribution in [2.45, 2.75) is 44.6 Å². The standard InChI is InChI=1S/C20H27FN6.HI/c1-14-25-26-18-7-6-15(12-27(14)18)11-23-19(22-2)24-13-20(8-9-20)16-4-3-5-17(21)10-16;/h3-5,10,15H,6-9,11-13H2,1-2H3,(H2,22,23,24);1H. The summed E-state index contributed by atoms with van der Waals surface area (Å²) < 4.78 is 15.8. The van der Waals surface area contributed by atoms with Crippen LogP contribution in [0.15, 0.2) is 29.3 Å². The number of guanidine groups is 1. The van der Waals surface area contributed by atoms with E-state index >= 15 is 0 Å². The Kier molecular flexibility index (Phi) is 6.57. The number of aryl methyl sites for hydroxylation is 2. The van der Waals surface area contributed by atoms with E-state index in [1.807, 2.05) is 13.0 Å². The largest absolute Gasteiger partial charge is 0.356 e. The molecule has 0 bridgehead atoms. The highest BCUT2D eigenvalue weighted by Crippen LogP contribution is 2.47. The second kappa shape index (κ2) is 8.75. The summed E-state index contributed by atoms with van der Waals surface area (Å²) in [5, 5.41) is 15.3. The third kappa shape index (κ3) is 4.47. The number of halogens is 2. The first kappa shape index (κ1) is 21.0. The van der Waals surface area contributed by atoms with E-state index in [2.05, 4.69) is 30.4 Å². The summed E-state index contributed by atoms with van der Waals surface area (Å²) in [6, 6.07) is 6.98. The molecule has 28 heavy (non-hydrogen) atoms. The predicted octanol–water partition coefficient (Wildman–Crippen LogP) is 2.80. The zero-order valence-electron chi connectivity index (χ0n) is 16.4. The summed E-state index contributed by atoms with van der Waals surface area (Å²) >= 11 is 0. The Morgan fingerprint density at radius 2 is 2.14 bits per heavy atom. The van der Waals surface area contributed by atoms with Crippen molar-refractivity contribution in [2.75, 3.05) is 20.1 Å². The Balaban J connectivity index is 0.00000225. The van der Waals surface area contributed by atoms with E-state index in [0.29, 0.717) is 5.92 Å². The van der Waals surface area contributed by atoms with E-state index in [-0.39, 0.29) is 35.2 Å². The van der Waals surface area contributed by atoms with Crippen LogP contribution >= 0.6 is 24.0 Å². The lowest BCUT2D eigenvalue weighted by Crippen LogP contribution is -2.44. The zero-order valence-corrected chi connectivity index (χ0v) is 18.7. The molecule has 4 rings (SSSR count). The first-order valence-electron chi connectivity index (χ1n) is 9.69. The third-order valence-corrected chi connectivity index (χ3v) is 5.90. The highest BCUT2D eigenvalue weighted by atomic mass is 127. The van der Waals surface area contributed by atoms with Crippen LogP contribution in [0.4, 0.5) is 4.39 Å². The highest BCUT2D eigenvalue weighted by Gasteiger charge is 2.44. The second-order valence-electron chi connectivity index (χ2n) is 7.78. The molecular weight excluding hydrogens is 470 g/mol. The molecule has 1 fully saturated rings. The van der Waals surface area contributed by atoms with E-state index in [1.165, 1.54) is 6.07 Å². The number of nitrogens with one attached hydrogen (secondary N) is 2. The van der Waals surface area contributed by atoms with Gasteiger partial charge in [0.1, 0.15) is 17.5 Å². The minimum Gasteiger partial charge on any atom is -0.356 e. The lowest BCUT2D eigenvalue weighted by atomic mass is 9.96. The molecule has 2 aromatic rings. The number of benzene rings is 1. The lowest BCUT2D eigenvalue weighted by Gasteiger charge is -2.25.